The van der Waals surface area contributed by atoms with Crippen LogP contribution in [0.1, 0.15) is 39.7 Å². The molecule has 2 atom stereocenters. The average Bonchev–Trinajstić information content (AvgIpc) is 3.11. The van der Waals surface area contributed by atoms with Crippen molar-refractivity contribution in [3.05, 3.63) is 48.3 Å². The van der Waals surface area contributed by atoms with Gasteiger partial charge in [-0.15, -0.1) is 0 Å². The van der Waals surface area contributed by atoms with Gasteiger partial charge in [0, 0.05) is 19.3 Å². The highest BCUT2D eigenvalue weighted by Gasteiger charge is 2.28. The lowest BCUT2D eigenvalue weighted by molar-refractivity contribution is -0.147. The number of nitrogens with zero attached hydrogens (tertiary/aromatic N) is 2. The van der Waals surface area contributed by atoms with Gasteiger partial charge in [0.2, 0.25) is 10.0 Å². The number of aromatic nitrogens is 1. The molecule has 34 heavy (non-hydrogen) atoms. The minimum atomic E-state index is -3.91. The Morgan fingerprint density at radius 3 is 2.62 bits per heavy atom. The maximum Gasteiger partial charge on any atom is 0.324 e. The third-order valence-corrected chi connectivity index (χ3v) is 6.98. The summed E-state index contributed by atoms with van der Waals surface area (Å²) in [4.78, 5) is 18.9. The summed E-state index contributed by atoms with van der Waals surface area (Å²) in [6, 6.07) is 7.69. The fraction of sp³-hybridized carbons (Fsp3) is 0.500. The number of benzene rings is 1. The molecule has 0 aliphatic carbocycles. The molecule has 0 fully saturated rings. The molecule has 10 heteroatoms. The van der Waals surface area contributed by atoms with E-state index in [4.69, 9.17) is 9.47 Å². The van der Waals surface area contributed by atoms with E-state index >= 15 is 0 Å². The molecule has 1 aliphatic heterocycles. The Bertz CT molecular complexity index is 1060. The van der Waals surface area contributed by atoms with E-state index in [0.717, 1.165) is 16.9 Å². The van der Waals surface area contributed by atoms with Crippen molar-refractivity contribution >= 4 is 27.4 Å². The van der Waals surface area contributed by atoms with Gasteiger partial charge in [-0.2, -0.15) is 4.72 Å². The first-order valence-corrected chi connectivity index (χ1v) is 13.0. The van der Waals surface area contributed by atoms with Crippen LogP contribution in [0.3, 0.4) is 0 Å². The third kappa shape index (κ3) is 6.68. The van der Waals surface area contributed by atoms with Crippen LogP contribution in [0, 0.1) is 5.92 Å². The van der Waals surface area contributed by atoms with Gasteiger partial charge in [0.25, 0.3) is 0 Å². The molecule has 2 aromatic rings. The number of anilines is 2. The van der Waals surface area contributed by atoms with Crippen molar-refractivity contribution in [2.45, 2.75) is 57.8 Å². The lowest BCUT2D eigenvalue weighted by Crippen LogP contribution is -2.43. The minimum Gasteiger partial charge on any atom is -0.462 e. The summed E-state index contributed by atoms with van der Waals surface area (Å²) in [7, 11) is -3.91. The first-order chi connectivity index (χ1) is 16.2. The number of carbonyl (C=O) groups is 1. The van der Waals surface area contributed by atoms with Crippen molar-refractivity contribution in [2.75, 3.05) is 30.0 Å². The van der Waals surface area contributed by atoms with E-state index in [1.807, 2.05) is 26.8 Å². The number of esters is 1. The number of hydrogen-bond donors (Lipinski definition) is 2. The predicted molar refractivity (Wildman–Crippen MR) is 131 cm³/mol. The summed E-state index contributed by atoms with van der Waals surface area (Å²) in [5, 5.41) is 3.38. The number of ether oxygens (including phenoxy) is 2. The molecule has 0 spiro atoms. The van der Waals surface area contributed by atoms with E-state index < -0.39 is 22.0 Å². The number of nitrogens with one attached hydrogen (secondary N) is 2. The largest absolute Gasteiger partial charge is 0.462 e. The van der Waals surface area contributed by atoms with Crippen LogP contribution < -0.4 is 14.9 Å². The smallest absolute Gasteiger partial charge is 0.324 e. The second-order valence-corrected chi connectivity index (χ2v) is 10.4. The number of fused-ring (bicyclic) bond motifs is 1. The highest BCUT2D eigenvalue weighted by Crippen LogP contribution is 2.34. The standard InChI is InChI=1S/C24H34N4O5S/c1-5-32-12-13-33-24(29)21(14-17(2)3)27-34(30,31)20-8-6-19(7-9-20)16-28-18(4)26-22-15-25-11-10-23(22)28/h6-11,15,17-18,21,26-27H,5,12-14,16H2,1-4H3/t18?,21-/m0/s1. The molecule has 1 aromatic heterocycles. The molecule has 1 aromatic carbocycles. The Hall–Kier alpha value is -2.69. The van der Waals surface area contributed by atoms with Crippen LogP contribution >= 0.6 is 0 Å². The van der Waals surface area contributed by atoms with Crippen molar-refractivity contribution < 1.29 is 22.7 Å². The number of pyridine rings is 1. The van der Waals surface area contributed by atoms with Gasteiger partial charge in [-0.3, -0.25) is 9.78 Å². The highest BCUT2D eigenvalue weighted by molar-refractivity contribution is 7.89. The summed E-state index contributed by atoms with van der Waals surface area (Å²) in [6.07, 6.45) is 3.97. The van der Waals surface area contributed by atoms with Crippen molar-refractivity contribution in [3.63, 3.8) is 0 Å². The second kappa shape index (κ2) is 11.6. The predicted octanol–water partition coefficient (Wildman–Crippen LogP) is 3.13. The maximum absolute atomic E-state index is 13.0. The number of rotatable bonds is 12. The molecule has 186 valence electrons. The van der Waals surface area contributed by atoms with Crippen LogP contribution in [0.4, 0.5) is 11.4 Å². The van der Waals surface area contributed by atoms with Crippen molar-refractivity contribution in [2.24, 2.45) is 5.92 Å². The molecular weight excluding hydrogens is 456 g/mol. The molecule has 3 rings (SSSR count). The molecule has 1 aliphatic rings. The van der Waals surface area contributed by atoms with Gasteiger partial charge < -0.3 is 19.7 Å². The van der Waals surface area contributed by atoms with Crippen molar-refractivity contribution in [1.29, 1.82) is 0 Å². The quantitative estimate of drug-likeness (QED) is 0.345. The van der Waals surface area contributed by atoms with Gasteiger partial charge in [-0.1, -0.05) is 26.0 Å². The minimum absolute atomic E-state index is 0.0840. The van der Waals surface area contributed by atoms with Crippen LogP contribution in [0.2, 0.25) is 0 Å². The highest BCUT2D eigenvalue weighted by atomic mass is 32.2. The molecule has 0 amide bonds. The average molecular weight is 491 g/mol. The molecule has 2 heterocycles. The van der Waals surface area contributed by atoms with E-state index in [0.29, 0.717) is 19.6 Å². The van der Waals surface area contributed by atoms with Gasteiger partial charge in [0.1, 0.15) is 12.6 Å². The first kappa shape index (κ1) is 25.9. The zero-order chi connectivity index (χ0) is 24.7. The Morgan fingerprint density at radius 2 is 1.94 bits per heavy atom. The summed E-state index contributed by atoms with van der Waals surface area (Å²) in [5.74, 6) is -0.499. The zero-order valence-electron chi connectivity index (χ0n) is 20.2. The fourth-order valence-electron chi connectivity index (χ4n) is 3.82. The third-order valence-electron chi connectivity index (χ3n) is 5.49. The van der Waals surface area contributed by atoms with Crippen molar-refractivity contribution in [1.82, 2.24) is 9.71 Å². The van der Waals surface area contributed by atoms with Gasteiger partial charge in [0.15, 0.2) is 0 Å². The van der Waals surface area contributed by atoms with Gasteiger partial charge >= 0.3 is 5.97 Å². The monoisotopic (exact) mass is 490 g/mol. The van der Waals surface area contributed by atoms with Crippen LogP contribution in [-0.4, -0.2) is 51.4 Å². The molecule has 0 saturated carbocycles. The lowest BCUT2D eigenvalue weighted by atomic mass is 10.1. The Labute approximate surface area is 201 Å². The molecule has 2 N–H and O–H groups in total. The maximum atomic E-state index is 13.0. The van der Waals surface area contributed by atoms with Crippen LogP contribution in [0.25, 0.3) is 0 Å². The topological polar surface area (TPSA) is 110 Å². The molecule has 0 bridgehead atoms. The molecule has 9 nitrogen and oxygen atoms in total. The van der Waals surface area contributed by atoms with E-state index in [9.17, 15) is 13.2 Å². The van der Waals surface area contributed by atoms with E-state index in [1.54, 1.807) is 36.7 Å². The normalized spacial score (nSPS) is 16.3. The van der Waals surface area contributed by atoms with Gasteiger partial charge in [-0.05, 0) is 49.9 Å². The SMILES string of the molecule is CCOCCOC(=O)[C@H](CC(C)C)NS(=O)(=O)c1ccc(CN2c3ccncc3NC2C)cc1. The van der Waals surface area contributed by atoms with E-state index in [1.165, 1.54) is 0 Å². The number of carbonyl (C=O) groups excluding carboxylic acids is 1. The molecule has 0 saturated heterocycles. The lowest BCUT2D eigenvalue weighted by Gasteiger charge is -2.24. The first-order valence-electron chi connectivity index (χ1n) is 11.5. The summed E-state index contributed by atoms with van der Waals surface area (Å²) in [6.45, 7) is 9.25. The van der Waals surface area contributed by atoms with E-state index in [2.05, 4.69) is 26.8 Å². The molecular formula is C24H34N4O5S. The Kier molecular flexibility index (Phi) is 8.87. The second-order valence-electron chi connectivity index (χ2n) is 8.65. The summed E-state index contributed by atoms with van der Waals surface area (Å²) in [5.41, 5.74) is 2.99. The van der Waals surface area contributed by atoms with Crippen LogP contribution in [-0.2, 0) is 30.8 Å². The van der Waals surface area contributed by atoms with Crippen molar-refractivity contribution in [3.8, 4) is 0 Å². The summed E-state index contributed by atoms with van der Waals surface area (Å²) >= 11 is 0. The van der Waals surface area contributed by atoms with Crippen LogP contribution in [0.15, 0.2) is 47.6 Å². The zero-order valence-corrected chi connectivity index (χ0v) is 21.0. The van der Waals surface area contributed by atoms with Gasteiger partial charge in [-0.25, -0.2) is 8.42 Å². The number of sulfonamides is 1. The number of hydrogen-bond acceptors (Lipinski definition) is 8. The Morgan fingerprint density at radius 1 is 1.21 bits per heavy atom. The fourth-order valence-corrected chi connectivity index (χ4v) is 5.02. The van der Waals surface area contributed by atoms with E-state index in [-0.39, 0.29) is 30.2 Å². The molecule has 1 unspecified atom stereocenters. The summed E-state index contributed by atoms with van der Waals surface area (Å²) < 4.78 is 38.9. The molecule has 0 radical (unpaired) electrons. The van der Waals surface area contributed by atoms with Gasteiger partial charge in [0.05, 0.1) is 35.2 Å². The van der Waals surface area contributed by atoms with Crippen LogP contribution in [0.5, 0.6) is 0 Å². The Balaban J connectivity index is 1.67.